The summed E-state index contributed by atoms with van der Waals surface area (Å²) in [6.45, 7) is 1.66. The third kappa shape index (κ3) is 5.26. The molecule has 0 fully saturated rings. The first-order valence-electron chi connectivity index (χ1n) is 7.61. The summed E-state index contributed by atoms with van der Waals surface area (Å²) in [6, 6.07) is 6.99. The maximum absolute atomic E-state index is 12.1. The zero-order chi connectivity index (χ0) is 19.9. The molecule has 0 heterocycles. The normalized spacial score (nSPS) is 12.3. The van der Waals surface area contributed by atoms with Crippen LogP contribution >= 0.6 is 0 Å². The second-order valence-corrected chi connectivity index (χ2v) is 7.27. The number of nitriles is 1. The van der Waals surface area contributed by atoms with E-state index in [0.29, 0.717) is 4.47 Å². The number of carbonyl (C=O) groups is 2. The van der Waals surface area contributed by atoms with Crippen LogP contribution in [0.15, 0.2) is 29.2 Å². The zero-order valence-electron chi connectivity index (χ0n) is 15.0. The minimum atomic E-state index is -3.82. The van der Waals surface area contributed by atoms with Crippen molar-refractivity contribution >= 4 is 21.9 Å². The Labute approximate surface area is 152 Å². The predicted octanol–water partition coefficient (Wildman–Crippen LogP) is 0.786. The number of ether oxygens (including phenoxy) is 1. The maximum atomic E-state index is 12.1. The Hall–Kier alpha value is -2.48. The molecule has 0 unspecified atom stereocenters. The number of nitrogens with zero attached hydrogens (tertiary/aromatic N) is 3. The van der Waals surface area contributed by atoms with Crippen LogP contribution in [0, 0.1) is 11.3 Å². The van der Waals surface area contributed by atoms with E-state index in [-0.39, 0.29) is 23.4 Å². The van der Waals surface area contributed by atoms with E-state index in [4.69, 9.17) is 10.00 Å². The zero-order valence-corrected chi connectivity index (χ0v) is 15.8. The summed E-state index contributed by atoms with van der Waals surface area (Å²) in [5, 5.41) is 8.53. The van der Waals surface area contributed by atoms with Crippen molar-refractivity contribution in [3.8, 4) is 6.07 Å². The molecule has 0 saturated heterocycles. The van der Waals surface area contributed by atoms with Gasteiger partial charge in [0.25, 0.3) is 15.9 Å². The topological polar surface area (TPSA) is 117 Å². The summed E-state index contributed by atoms with van der Waals surface area (Å²) in [5.74, 6) is -1.20. The summed E-state index contributed by atoms with van der Waals surface area (Å²) in [4.78, 5) is 30.1. The first-order valence-corrected chi connectivity index (χ1v) is 9.05. The summed E-state index contributed by atoms with van der Waals surface area (Å²) in [5.41, 5.74) is 0.100. The first-order chi connectivity index (χ1) is 12.1. The fraction of sp³-hybridized carbons (Fsp3) is 0.438. The molecule has 1 aromatic rings. The fourth-order valence-electron chi connectivity index (χ4n) is 1.93. The lowest BCUT2D eigenvalue weighted by atomic mass is 10.2. The van der Waals surface area contributed by atoms with Gasteiger partial charge in [0.1, 0.15) is 0 Å². The number of hydroxylamine groups is 1. The molecule has 0 aliphatic rings. The number of rotatable bonds is 8. The van der Waals surface area contributed by atoms with E-state index in [2.05, 4.69) is 4.84 Å². The van der Waals surface area contributed by atoms with Crippen molar-refractivity contribution < 1.29 is 27.6 Å². The highest BCUT2D eigenvalue weighted by molar-refractivity contribution is 7.89. The monoisotopic (exact) mass is 383 g/mol. The van der Waals surface area contributed by atoms with Gasteiger partial charge in [-0.3, -0.25) is 9.63 Å². The number of benzene rings is 1. The molecule has 0 radical (unpaired) electrons. The van der Waals surface area contributed by atoms with Crippen molar-refractivity contribution in [2.24, 2.45) is 0 Å². The van der Waals surface area contributed by atoms with Gasteiger partial charge in [-0.1, -0.05) is 4.47 Å². The molecule has 1 aromatic carbocycles. The Kier molecular flexibility index (Phi) is 7.70. The number of esters is 1. The molecule has 0 aliphatic heterocycles. The molecule has 1 atom stereocenters. The van der Waals surface area contributed by atoms with E-state index in [0.717, 1.165) is 0 Å². The molecule has 10 heteroatoms. The van der Waals surface area contributed by atoms with Crippen LogP contribution in [0.4, 0.5) is 0 Å². The number of hydrogen-bond donors (Lipinski definition) is 0. The molecule has 26 heavy (non-hydrogen) atoms. The molecule has 0 saturated carbocycles. The van der Waals surface area contributed by atoms with Crippen molar-refractivity contribution in [2.45, 2.75) is 24.3 Å². The molecular formula is C16H21N3O6S. The Morgan fingerprint density at radius 1 is 1.23 bits per heavy atom. The summed E-state index contributed by atoms with van der Waals surface area (Å²) >= 11 is 0. The molecule has 0 N–H and O–H groups in total. The van der Waals surface area contributed by atoms with Gasteiger partial charge < -0.3 is 9.64 Å². The van der Waals surface area contributed by atoms with E-state index >= 15 is 0 Å². The minimum Gasteiger partial charge on any atom is -0.449 e. The highest BCUT2D eigenvalue weighted by Crippen LogP contribution is 2.16. The molecule has 9 nitrogen and oxygen atoms in total. The molecule has 1 rings (SSSR count). The second kappa shape index (κ2) is 9.28. The fourth-order valence-corrected chi connectivity index (χ4v) is 2.90. The highest BCUT2D eigenvalue weighted by Gasteiger charge is 2.24. The standard InChI is InChI=1S/C16H21N3O6S/c1-12(15(20)18(2)11-5-10-17)25-16(21)13-6-8-14(9-7-13)26(22,23)19(3)24-4/h6-9,12H,5,11H2,1-4H3/t12-/m1/s1. The van der Waals surface area contributed by atoms with Gasteiger partial charge in [-0.05, 0) is 31.2 Å². The SMILES string of the molecule is CON(C)S(=O)(=O)c1ccc(C(=O)O[C@H](C)C(=O)N(C)CCC#N)cc1. The smallest absolute Gasteiger partial charge is 0.338 e. The lowest BCUT2D eigenvalue weighted by Gasteiger charge is -2.20. The molecule has 142 valence electrons. The Morgan fingerprint density at radius 2 is 1.81 bits per heavy atom. The van der Waals surface area contributed by atoms with Crippen LogP contribution in [0.25, 0.3) is 0 Å². The number of carbonyl (C=O) groups excluding carboxylic acids is 2. The molecule has 0 spiro atoms. The number of amides is 1. The molecule has 0 aliphatic carbocycles. The highest BCUT2D eigenvalue weighted by atomic mass is 32.2. The summed E-state index contributed by atoms with van der Waals surface area (Å²) in [6.07, 6.45) is -0.858. The third-order valence-electron chi connectivity index (χ3n) is 3.55. The van der Waals surface area contributed by atoms with Gasteiger partial charge in [0.2, 0.25) is 0 Å². The van der Waals surface area contributed by atoms with Crippen LogP contribution in [0.2, 0.25) is 0 Å². The van der Waals surface area contributed by atoms with Gasteiger partial charge >= 0.3 is 5.97 Å². The second-order valence-electron chi connectivity index (χ2n) is 5.34. The van der Waals surface area contributed by atoms with Crippen molar-refractivity contribution in [2.75, 3.05) is 27.7 Å². The van der Waals surface area contributed by atoms with Crippen LogP contribution in [0.1, 0.15) is 23.7 Å². The number of hydrogen-bond acceptors (Lipinski definition) is 7. The van der Waals surface area contributed by atoms with Crippen LogP contribution in [-0.4, -0.2) is 63.5 Å². The van der Waals surface area contributed by atoms with Gasteiger partial charge in [0.15, 0.2) is 6.10 Å². The van der Waals surface area contributed by atoms with Crippen LogP contribution in [0.3, 0.4) is 0 Å². The predicted molar refractivity (Wildman–Crippen MR) is 91.1 cm³/mol. The van der Waals surface area contributed by atoms with E-state index in [1.54, 1.807) is 0 Å². The Balaban J connectivity index is 2.80. The molecule has 1 amide bonds. The van der Waals surface area contributed by atoms with Crippen molar-refractivity contribution in [1.29, 1.82) is 5.26 Å². The van der Waals surface area contributed by atoms with E-state index < -0.39 is 28.0 Å². The van der Waals surface area contributed by atoms with Crippen molar-refractivity contribution in [3.05, 3.63) is 29.8 Å². The largest absolute Gasteiger partial charge is 0.449 e. The lowest BCUT2D eigenvalue weighted by Crippen LogP contribution is -2.37. The maximum Gasteiger partial charge on any atom is 0.338 e. The molecular weight excluding hydrogens is 362 g/mol. The van der Waals surface area contributed by atoms with Gasteiger partial charge in [0.05, 0.1) is 30.1 Å². The van der Waals surface area contributed by atoms with Gasteiger partial charge in [-0.25, -0.2) is 13.2 Å². The van der Waals surface area contributed by atoms with Gasteiger partial charge in [-0.2, -0.15) is 5.26 Å². The lowest BCUT2D eigenvalue weighted by molar-refractivity contribution is -0.138. The van der Waals surface area contributed by atoms with E-state index in [9.17, 15) is 18.0 Å². The average Bonchev–Trinajstić information content (AvgIpc) is 2.64. The van der Waals surface area contributed by atoms with E-state index in [1.807, 2.05) is 6.07 Å². The van der Waals surface area contributed by atoms with Gasteiger partial charge in [-0.15, -0.1) is 0 Å². The molecule has 0 aromatic heterocycles. The summed E-state index contributed by atoms with van der Waals surface area (Å²) in [7, 11) is 0.155. The minimum absolute atomic E-state index is 0.0567. The Bertz CT molecular complexity index is 785. The Morgan fingerprint density at radius 3 is 2.31 bits per heavy atom. The average molecular weight is 383 g/mol. The van der Waals surface area contributed by atoms with Crippen molar-refractivity contribution in [1.82, 2.24) is 9.37 Å². The summed E-state index contributed by atoms with van der Waals surface area (Å²) < 4.78 is 30.0. The van der Waals surface area contributed by atoms with Gasteiger partial charge in [0, 0.05) is 20.6 Å². The van der Waals surface area contributed by atoms with Crippen molar-refractivity contribution in [3.63, 3.8) is 0 Å². The quantitative estimate of drug-likeness (QED) is 0.481. The van der Waals surface area contributed by atoms with E-state index in [1.165, 1.54) is 57.3 Å². The third-order valence-corrected chi connectivity index (χ3v) is 5.24. The first kappa shape index (κ1) is 21.6. The number of sulfonamides is 1. The van der Waals surface area contributed by atoms with Crippen LogP contribution in [-0.2, 0) is 24.4 Å². The molecule has 0 bridgehead atoms. The number of likely N-dealkylation sites (N-methyl/N-ethyl adjacent to an activating group) is 1. The van der Waals surface area contributed by atoms with Crippen LogP contribution < -0.4 is 0 Å². The van der Waals surface area contributed by atoms with Crippen LogP contribution in [0.5, 0.6) is 0 Å².